The zero-order valence-electron chi connectivity index (χ0n) is 15.0. The van der Waals surface area contributed by atoms with Crippen LogP contribution in [0.1, 0.15) is 16.7 Å². The second kappa shape index (κ2) is 7.22. The third kappa shape index (κ3) is 3.58. The summed E-state index contributed by atoms with van der Waals surface area (Å²) in [6, 6.07) is 16.1. The van der Waals surface area contributed by atoms with Gasteiger partial charge in [0.15, 0.2) is 0 Å². The van der Waals surface area contributed by atoms with Crippen molar-refractivity contribution in [1.29, 1.82) is 0 Å². The maximum atomic E-state index is 11.1. The molecule has 0 aliphatic heterocycles. The molecular formula is C21H20N2O2S. The van der Waals surface area contributed by atoms with Crippen molar-refractivity contribution in [1.82, 2.24) is 9.88 Å². The molecule has 1 aromatic heterocycles. The van der Waals surface area contributed by atoms with Gasteiger partial charge in [0.2, 0.25) is 0 Å². The highest BCUT2D eigenvalue weighted by atomic mass is 32.1. The molecule has 1 heterocycles. The molecule has 3 rings (SSSR count). The molecule has 0 unspecified atom stereocenters. The van der Waals surface area contributed by atoms with Gasteiger partial charge in [-0.2, -0.15) is 0 Å². The summed E-state index contributed by atoms with van der Waals surface area (Å²) in [5, 5.41) is 10.0. The first-order chi connectivity index (χ1) is 12.4. The summed E-state index contributed by atoms with van der Waals surface area (Å²) in [6.07, 6.45) is 0. The maximum Gasteiger partial charge on any atom is 0.323 e. The monoisotopic (exact) mass is 364 g/mol. The average molecular weight is 364 g/mol. The molecular weight excluding hydrogens is 344 g/mol. The molecule has 0 saturated carbocycles. The Morgan fingerprint density at radius 2 is 1.88 bits per heavy atom. The second-order valence-electron chi connectivity index (χ2n) is 6.45. The molecule has 0 amide bonds. The van der Waals surface area contributed by atoms with E-state index in [4.69, 9.17) is 22.3 Å². The molecule has 132 valence electrons. The number of hydrogen-bond donors (Lipinski definition) is 1. The summed E-state index contributed by atoms with van der Waals surface area (Å²) in [6.45, 7) is 3.92. The lowest BCUT2D eigenvalue weighted by Crippen LogP contribution is -2.31. The van der Waals surface area contributed by atoms with Crippen molar-refractivity contribution in [3.63, 3.8) is 0 Å². The number of thiocarbonyl (C=S) groups is 1. The Bertz CT molecular complexity index is 1010. The van der Waals surface area contributed by atoms with Crippen LogP contribution in [0.5, 0.6) is 0 Å². The molecule has 26 heavy (non-hydrogen) atoms. The number of carboxylic acids is 1. The highest BCUT2D eigenvalue weighted by molar-refractivity contribution is 7.80. The zero-order chi connectivity index (χ0) is 18.8. The lowest BCUT2D eigenvalue weighted by Gasteiger charge is -2.20. The van der Waals surface area contributed by atoms with Crippen molar-refractivity contribution >= 4 is 34.1 Å². The lowest BCUT2D eigenvalue weighted by molar-refractivity contribution is -0.137. The highest BCUT2D eigenvalue weighted by Gasteiger charge is 2.16. The second-order valence-corrected chi connectivity index (χ2v) is 6.83. The number of aromatic nitrogens is 1. The van der Waals surface area contributed by atoms with Crippen LogP contribution in [-0.2, 0) is 4.79 Å². The number of aryl methyl sites for hydroxylation is 2. The standard InChI is InChI=1S/C21H20N2O2S/c1-13-8-9-18-16(10-13)17(21(26)23(3)12-20(24)25)11-19(22-18)15-7-5-4-6-14(15)2/h4-11H,12H2,1-3H3,(H,24,25). The third-order valence-electron chi connectivity index (χ3n) is 4.33. The van der Waals surface area contributed by atoms with E-state index in [9.17, 15) is 4.79 Å². The van der Waals surface area contributed by atoms with Crippen molar-refractivity contribution in [3.05, 3.63) is 65.2 Å². The van der Waals surface area contributed by atoms with Crippen molar-refractivity contribution in [2.75, 3.05) is 13.6 Å². The predicted octanol–water partition coefficient (Wildman–Crippen LogP) is 4.21. The van der Waals surface area contributed by atoms with Gasteiger partial charge in [0.05, 0.1) is 11.2 Å². The summed E-state index contributed by atoms with van der Waals surface area (Å²) >= 11 is 5.61. The lowest BCUT2D eigenvalue weighted by atomic mass is 10.00. The van der Waals surface area contributed by atoms with E-state index in [0.29, 0.717) is 4.99 Å². The minimum Gasteiger partial charge on any atom is -0.480 e. The topological polar surface area (TPSA) is 53.4 Å². The number of aliphatic carboxylic acids is 1. The minimum absolute atomic E-state index is 0.145. The summed E-state index contributed by atoms with van der Waals surface area (Å²) in [5.41, 5.74) is 5.78. The SMILES string of the molecule is Cc1ccc2nc(-c3ccccc3C)cc(C(=S)N(C)CC(=O)O)c2c1. The molecule has 0 radical (unpaired) electrons. The fraction of sp³-hybridized carbons (Fsp3) is 0.190. The van der Waals surface area contributed by atoms with Gasteiger partial charge < -0.3 is 10.0 Å². The Labute approximate surface area is 158 Å². The van der Waals surface area contributed by atoms with Gasteiger partial charge in [-0.1, -0.05) is 48.1 Å². The molecule has 4 nitrogen and oxygen atoms in total. The number of hydrogen-bond acceptors (Lipinski definition) is 3. The van der Waals surface area contributed by atoms with Gasteiger partial charge in [-0.15, -0.1) is 0 Å². The van der Waals surface area contributed by atoms with E-state index in [1.807, 2.05) is 62.4 Å². The highest BCUT2D eigenvalue weighted by Crippen LogP contribution is 2.28. The van der Waals surface area contributed by atoms with Crippen LogP contribution in [0, 0.1) is 13.8 Å². The molecule has 0 fully saturated rings. The van der Waals surface area contributed by atoms with Gasteiger partial charge in [0.1, 0.15) is 11.5 Å². The molecule has 2 aromatic carbocycles. The quantitative estimate of drug-likeness (QED) is 0.703. The number of rotatable bonds is 4. The van der Waals surface area contributed by atoms with E-state index in [0.717, 1.165) is 38.9 Å². The third-order valence-corrected chi connectivity index (χ3v) is 4.87. The van der Waals surface area contributed by atoms with E-state index in [2.05, 4.69) is 0 Å². The first-order valence-electron chi connectivity index (χ1n) is 8.31. The van der Waals surface area contributed by atoms with Crippen LogP contribution in [0.4, 0.5) is 0 Å². The first kappa shape index (κ1) is 18.0. The number of fused-ring (bicyclic) bond motifs is 1. The molecule has 0 bridgehead atoms. The minimum atomic E-state index is -0.913. The van der Waals surface area contributed by atoms with E-state index in [1.54, 1.807) is 11.9 Å². The first-order valence-corrected chi connectivity index (χ1v) is 8.72. The number of carbonyl (C=O) groups is 1. The van der Waals surface area contributed by atoms with Gasteiger partial charge >= 0.3 is 5.97 Å². The fourth-order valence-corrected chi connectivity index (χ4v) is 3.23. The number of carboxylic acid groups (broad SMARTS) is 1. The van der Waals surface area contributed by atoms with Crippen LogP contribution >= 0.6 is 12.2 Å². The fourth-order valence-electron chi connectivity index (χ4n) is 3.00. The Balaban J connectivity index is 2.22. The molecule has 1 N–H and O–H groups in total. The van der Waals surface area contributed by atoms with Crippen LogP contribution in [-0.4, -0.2) is 39.5 Å². The Morgan fingerprint density at radius 1 is 1.15 bits per heavy atom. The molecule has 0 aliphatic rings. The van der Waals surface area contributed by atoms with Crippen molar-refractivity contribution < 1.29 is 9.90 Å². The molecule has 3 aromatic rings. The van der Waals surface area contributed by atoms with E-state index >= 15 is 0 Å². The molecule has 5 heteroatoms. The number of likely N-dealkylation sites (N-methyl/N-ethyl adjacent to an activating group) is 1. The van der Waals surface area contributed by atoms with Gasteiger partial charge in [-0.25, -0.2) is 4.98 Å². The zero-order valence-corrected chi connectivity index (χ0v) is 15.8. The van der Waals surface area contributed by atoms with Crippen LogP contribution in [0.3, 0.4) is 0 Å². The summed E-state index contributed by atoms with van der Waals surface area (Å²) in [7, 11) is 1.70. The normalized spacial score (nSPS) is 10.7. The van der Waals surface area contributed by atoms with Crippen molar-refractivity contribution in [2.45, 2.75) is 13.8 Å². The number of benzene rings is 2. The van der Waals surface area contributed by atoms with Gasteiger partial charge in [-0.05, 0) is 37.6 Å². The van der Waals surface area contributed by atoms with Gasteiger partial charge in [-0.3, -0.25) is 4.79 Å². The summed E-state index contributed by atoms with van der Waals surface area (Å²) in [4.78, 5) is 18.0. The van der Waals surface area contributed by atoms with Crippen molar-refractivity contribution in [3.8, 4) is 11.3 Å². The Kier molecular flexibility index (Phi) is 5.00. The smallest absolute Gasteiger partial charge is 0.323 e. The van der Waals surface area contributed by atoms with Gasteiger partial charge in [0, 0.05) is 23.6 Å². The van der Waals surface area contributed by atoms with E-state index < -0.39 is 5.97 Å². The molecule has 0 spiro atoms. The molecule has 0 aliphatic carbocycles. The predicted molar refractivity (Wildman–Crippen MR) is 109 cm³/mol. The van der Waals surface area contributed by atoms with Crippen LogP contribution in [0.25, 0.3) is 22.2 Å². The van der Waals surface area contributed by atoms with Crippen molar-refractivity contribution in [2.24, 2.45) is 0 Å². The maximum absolute atomic E-state index is 11.1. The largest absolute Gasteiger partial charge is 0.480 e. The van der Waals surface area contributed by atoms with Crippen LogP contribution in [0.15, 0.2) is 48.5 Å². The van der Waals surface area contributed by atoms with Crippen LogP contribution < -0.4 is 0 Å². The van der Waals surface area contributed by atoms with E-state index in [-0.39, 0.29) is 6.54 Å². The molecule has 0 atom stereocenters. The summed E-state index contributed by atoms with van der Waals surface area (Å²) in [5.74, 6) is -0.913. The Morgan fingerprint density at radius 3 is 2.58 bits per heavy atom. The average Bonchev–Trinajstić information content (AvgIpc) is 2.60. The van der Waals surface area contributed by atoms with Gasteiger partial charge in [0.25, 0.3) is 0 Å². The number of pyridine rings is 1. The molecule has 0 saturated heterocycles. The van der Waals surface area contributed by atoms with Crippen LogP contribution in [0.2, 0.25) is 0 Å². The van der Waals surface area contributed by atoms with E-state index in [1.165, 1.54) is 0 Å². The summed E-state index contributed by atoms with van der Waals surface area (Å²) < 4.78 is 0. The Hall–Kier alpha value is -2.79. The number of nitrogens with zero attached hydrogens (tertiary/aromatic N) is 2.